The fourth-order valence-corrected chi connectivity index (χ4v) is 2.81. The summed E-state index contributed by atoms with van der Waals surface area (Å²) >= 11 is 0. The standard InChI is InChI=1S/C21H24N4O2/c1-3-25(4-2)18-9-7-16(8-10-18)24-21(26)20-14-17(11-12-22-20)23-15-19-6-5-13-27-19/h5-14H,3-4,15H2,1-2H3,(H,22,23)(H,24,26). The minimum Gasteiger partial charge on any atom is -0.467 e. The van der Waals surface area contributed by atoms with Gasteiger partial charge in [-0.1, -0.05) is 0 Å². The zero-order chi connectivity index (χ0) is 19.1. The number of amides is 1. The number of nitrogens with zero attached hydrogens (tertiary/aromatic N) is 2. The second-order valence-electron chi connectivity index (χ2n) is 6.04. The van der Waals surface area contributed by atoms with E-state index in [0.717, 1.165) is 35.9 Å². The molecule has 2 aromatic heterocycles. The average molecular weight is 364 g/mol. The van der Waals surface area contributed by atoms with Crippen molar-refractivity contribution in [1.29, 1.82) is 0 Å². The number of nitrogens with one attached hydrogen (secondary N) is 2. The van der Waals surface area contributed by atoms with Gasteiger partial charge in [-0.25, -0.2) is 0 Å². The molecule has 0 saturated heterocycles. The van der Waals surface area contributed by atoms with Gasteiger partial charge in [0.25, 0.3) is 5.91 Å². The van der Waals surface area contributed by atoms with Gasteiger partial charge in [0.15, 0.2) is 0 Å². The molecule has 27 heavy (non-hydrogen) atoms. The Bertz CT molecular complexity index is 856. The predicted octanol–water partition coefficient (Wildman–Crippen LogP) is 4.39. The molecule has 0 aliphatic rings. The smallest absolute Gasteiger partial charge is 0.274 e. The summed E-state index contributed by atoms with van der Waals surface area (Å²) in [5, 5.41) is 6.11. The maximum absolute atomic E-state index is 12.5. The number of anilines is 3. The highest BCUT2D eigenvalue weighted by atomic mass is 16.3. The van der Waals surface area contributed by atoms with Crippen LogP contribution in [0.15, 0.2) is 65.4 Å². The minimum absolute atomic E-state index is 0.243. The zero-order valence-electron chi connectivity index (χ0n) is 15.6. The number of rotatable bonds is 8. The molecule has 6 nitrogen and oxygen atoms in total. The normalized spacial score (nSPS) is 10.4. The topological polar surface area (TPSA) is 70.4 Å². The lowest BCUT2D eigenvalue weighted by Crippen LogP contribution is -2.21. The number of carbonyl (C=O) groups excluding carboxylic acids is 1. The molecule has 0 aliphatic carbocycles. The second-order valence-corrected chi connectivity index (χ2v) is 6.04. The zero-order valence-corrected chi connectivity index (χ0v) is 15.6. The quantitative estimate of drug-likeness (QED) is 0.620. The summed E-state index contributed by atoms with van der Waals surface area (Å²) in [7, 11) is 0. The van der Waals surface area contributed by atoms with Crippen LogP contribution in [0, 0.1) is 0 Å². The van der Waals surface area contributed by atoms with Crippen molar-refractivity contribution in [2.45, 2.75) is 20.4 Å². The van der Waals surface area contributed by atoms with Gasteiger partial charge in [-0.2, -0.15) is 0 Å². The molecule has 2 heterocycles. The first-order valence-electron chi connectivity index (χ1n) is 9.08. The molecule has 2 N–H and O–H groups in total. The van der Waals surface area contributed by atoms with Crippen LogP contribution in [0.25, 0.3) is 0 Å². The molecule has 0 saturated carbocycles. The van der Waals surface area contributed by atoms with E-state index in [0.29, 0.717) is 12.2 Å². The monoisotopic (exact) mass is 364 g/mol. The van der Waals surface area contributed by atoms with Crippen molar-refractivity contribution < 1.29 is 9.21 Å². The van der Waals surface area contributed by atoms with Crippen LogP contribution < -0.4 is 15.5 Å². The third-order valence-electron chi connectivity index (χ3n) is 4.29. The fraction of sp³-hybridized carbons (Fsp3) is 0.238. The van der Waals surface area contributed by atoms with Gasteiger partial charge in [0.1, 0.15) is 11.5 Å². The van der Waals surface area contributed by atoms with Gasteiger partial charge in [-0.3, -0.25) is 9.78 Å². The number of benzene rings is 1. The molecule has 6 heteroatoms. The third-order valence-corrected chi connectivity index (χ3v) is 4.29. The molecule has 3 aromatic rings. The Kier molecular flexibility index (Phi) is 6.10. The molecule has 140 valence electrons. The third kappa shape index (κ3) is 4.88. The van der Waals surface area contributed by atoms with Crippen molar-refractivity contribution in [2.75, 3.05) is 28.6 Å². The van der Waals surface area contributed by atoms with Gasteiger partial charge in [-0.05, 0) is 62.4 Å². The summed E-state index contributed by atoms with van der Waals surface area (Å²) in [5.74, 6) is 0.582. The fourth-order valence-electron chi connectivity index (χ4n) is 2.81. The molecule has 0 atom stereocenters. The van der Waals surface area contributed by atoms with Gasteiger partial charge in [0.2, 0.25) is 0 Å². The number of aromatic nitrogens is 1. The van der Waals surface area contributed by atoms with E-state index in [-0.39, 0.29) is 5.91 Å². The summed E-state index contributed by atoms with van der Waals surface area (Å²) in [5.41, 5.74) is 3.04. The van der Waals surface area contributed by atoms with Gasteiger partial charge < -0.3 is 20.0 Å². The molecule has 0 radical (unpaired) electrons. The minimum atomic E-state index is -0.243. The average Bonchev–Trinajstić information content (AvgIpc) is 3.22. The van der Waals surface area contributed by atoms with Crippen molar-refractivity contribution in [1.82, 2.24) is 4.98 Å². The number of pyridine rings is 1. The highest BCUT2D eigenvalue weighted by Crippen LogP contribution is 2.18. The first kappa shape index (κ1) is 18.5. The molecular weight excluding hydrogens is 340 g/mol. The van der Waals surface area contributed by atoms with E-state index in [4.69, 9.17) is 4.42 Å². The Morgan fingerprint density at radius 3 is 2.52 bits per heavy atom. The number of hydrogen-bond acceptors (Lipinski definition) is 5. The van der Waals surface area contributed by atoms with Crippen LogP contribution in [0.1, 0.15) is 30.1 Å². The van der Waals surface area contributed by atoms with E-state index in [1.165, 1.54) is 0 Å². The van der Waals surface area contributed by atoms with Gasteiger partial charge in [-0.15, -0.1) is 0 Å². The van der Waals surface area contributed by atoms with E-state index < -0.39 is 0 Å². The van der Waals surface area contributed by atoms with E-state index in [2.05, 4.69) is 34.4 Å². The van der Waals surface area contributed by atoms with Crippen molar-refractivity contribution >= 4 is 23.0 Å². The molecule has 0 fully saturated rings. The summed E-state index contributed by atoms with van der Waals surface area (Å²) in [6.07, 6.45) is 3.25. The number of carbonyl (C=O) groups is 1. The number of furan rings is 1. The van der Waals surface area contributed by atoms with Gasteiger partial charge >= 0.3 is 0 Å². The van der Waals surface area contributed by atoms with Crippen LogP contribution in [0.2, 0.25) is 0 Å². The van der Waals surface area contributed by atoms with E-state index in [9.17, 15) is 4.79 Å². The van der Waals surface area contributed by atoms with Crippen LogP contribution in [0.5, 0.6) is 0 Å². The highest BCUT2D eigenvalue weighted by Gasteiger charge is 2.09. The van der Waals surface area contributed by atoms with Crippen molar-refractivity contribution in [3.63, 3.8) is 0 Å². The number of hydrogen-bond donors (Lipinski definition) is 2. The van der Waals surface area contributed by atoms with Crippen LogP contribution in [-0.4, -0.2) is 24.0 Å². The van der Waals surface area contributed by atoms with E-state index >= 15 is 0 Å². The molecule has 3 rings (SSSR count). The van der Waals surface area contributed by atoms with E-state index in [1.807, 2.05) is 42.5 Å². The summed E-state index contributed by atoms with van der Waals surface area (Å²) < 4.78 is 5.29. The highest BCUT2D eigenvalue weighted by molar-refractivity contribution is 6.03. The molecular formula is C21H24N4O2. The molecule has 0 bridgehead atoms. The molecule has 0 aliphatic heterocycles. The van der Waals surface area contributed by atoms with Crippen LogP contribution >= 0.6 is 0 Å². The Hall–Kier alpha value is -3.28. The lowest BCUT2D eigenvalue weighted by atomic mass is 10.2. The largest absolute Gasteiger partial charge is 0.467 e. The first-order valence-corrected chi connectivity index (χ1v) is 9.08. The van der Waals surface area contributed by atoms with Crippen molar-refractivity contribution in [3.05, 3.63) is 72.4 Å². The molecule has 1 amide bonds. The second kappa shape index (κ2) is 8.89. The maximum Gasteiger partial charge on any atom is 0.274 e. The van der Waals surface area contributed by atoms with Gasteiger partial charge in [0, 0.05) is 36.3 Å². The summed E-state index contributed by atoms with van der Waals surface area (Å²) in [6.45, 7) is 6.69. The Labute approximate surface area is 159 Å². The molecule has 0 unspecified atom stereocenters. The van der Waals surface area contributed by atoms with E-state index in [1.54, 1.807) is 18.5 Å². The summed E-state index contributed by atoms with van der Waals surface area (Å²) in [6, 6.07) is 15.1. The van der Waals surface area contributed by atoms with Crippen LogP contribution in [0.4, 0.5) is 17.1 Å². The van der Waals surface area contributed by atoms with Crippen LogP contribution in [-0.2, 0) is 6.54 Å². The Morgan fingerprint density at radius 1 is 1.07 bits per heavy atom. The van der Waals surface area contributed by atoms with Crippen molar-refractivity contribution in [3.8, 4) is 0 Å². The maximum atomic E-state index is 12.5. The van der Waals surface area contributed by atoms with Crippen LogP contribution in [0.3, 0.4) is 0 Å². The SMILES string of the molecule is CCN(CC)c1ccc(NC(=O)c2cc(NCc3ccco3)ccn2)cc1. The molecule has 0 spiro atoms. The Morgan fingerprint density at radius 2 is 1.85 bits per heavy atom. The summed E-state index contributed by atoms with van der Waals surface area (Å²) in [4.78, 5) is 18.9. The Balaban J connectivity index is 1.63. The molecule has 1 aromatic carbocycles. The predicted molar refractivity (Wildman–Crippen MR) is 108 cm³/mol. The van der Waals surface area contributed by atoms with Gasteiger partial charge in [0.05, 0.1) is 12.8 Å². The first-order chi connectivity index (χ1) is 13.2. The van der Waals surface area contributed by atoms with Crippen molar-refractivity contribution in [2.24, 2.45) is 0 Å². The lowest BCUT2D eigenvalue weighted by Gasteiger charge is -2.21. The lowest BCUT2D eigenvalue weighted by molar-refractivity contribution is 0.102.